The van der Waals surface area contributed by atoms with Crippen molar-refractivity contribution in [3.05, 3.63) is 23.8 Å². The van der Waals surface area contributed by atoms with E-state index >= 15 is 0 Å². The van der Waals surface area contributed by atoms with Gasteiger partial charge in [-0.1, -0.05) is 6.07 Å². The molecule has 2 heteroatoms. The van der Waals surface area contributed by atoms with E-state index in [2.05, 4.69) is 6.07 Å². The first-order valence-electron chi connectivity index (χ1n) is 5.16. The third-order valence-corrected chi connectivity index (χ3v) is 2.79. The Balaban J connectivity index is 2.17. The fourth-order valence-corrected chi connectivity index (χ4v) is 1.64. The fraction of sp³-hybridized carbons (Fsp3) is 0.500. The molecule has 0 unspecified atom stereocenters. The third-order valence-electron chi connectivity index (χ3n) is 2.79. The van der Waals surface area contributed by atoms with Gasteiger partial charge in [0.15, 0.2) is 0 Å². The summed E-state index contributed by atoms with van der Waals surface area (Å²) >= 11 is 0. The van der Waals surface area contributed by atoms with Crippen LogP contribution in [-0.2, 0) is 6.42 Å². The number of hydrogen-bond donors (Lipinski definition) is 1. The van der Waals surface area contributed by atoms with Crippen LogP contribution in [0.4, 0.5) is 5.69 Å². The molecule has 14 heavy (non-hydrogen) atoms. The first-order chi connectivity index (χ1) is 6.66. The Hall–Kier alpha value is -1.18. The molecule has 1 aliphatic rings. The van der Waals surface area contributed by atoms with Gasteiger partial charge in [-0.3, -0.25) is 0 Å². The molecule has 0 bridgehead atoms. The summed E-state index contributed by atoms with van der Waals surface area (Å²) in [7, 11) is 3.96. The average Bonchev–Trinajstić information content (AvgIpc) is 2.92. The van der Waals surface area contributed by atoms with Crippen molar-refractivity contribution in [3.8, 4) is 5.75 Å². The van der Waals surface area contributed by atoms with E-state index in [1.807, 2.05) is 31.1 Å². The summed E-state index contributed by atoms with van der Waals surface area (Å²) in [5, 5.41) is 9.79. The van der Waals surface area contributed by atoms with Crippen LogP contribution in [0.1, 0.15) is 18.4 Å². The largest absolute Gasteiger partial charge is 0.508 e. The molecule has 1 aliphatic carbocycles. The number of nitrogens with zero attached hydrogens (tertiary/aromatic N) is 1. The standard InChI is InChI=1S/C12H17NO/c1-13(2)11-6-5-10(12(14)8-11)7-9-3-4-9/h5-6,8-9,14H,3-4,7H2,1-2H3. The maximum absolute atomic E-state index is 9.79. The molecule has 1 fully saturated rings. The number of anilines is 1. The van der Waals surface area contributed by atoms with Crippen LogP contribution in [0.2, 0.25) is 0 Å². The maximum atomic E-state index is 9.79. The molecule has 1 aromatic carbocycles. The highest BCUT2D eigenvalue weighted by atomic mass is 16.3. The lowest BCUT2D eigenvalue weighted by Crippen LogP contribution is -2.08. The quantitative estimate of drug-likeness (QED) is 0.793. The van der Waals surface area contributed by atoms with Crippen molar-refractivity contribution in [2.24, 2.45) is 5.92 Å². The monoisotopic (exact) mass is 191 g/mol. The highest BCUT2D eigenvalue weighted by molar-refractivity contribution is 5.52. The summed E-state index contributed by atoms with van der Waals surface area (Å²) in [6.45, 7) is 0. The van der Waals surface area contributed by atoms with Crippen molar-refractivity contribution < 1.29 is 5.11 Å². The van der Waals surface area contributed by atoms with Gasteiger partial charge in [0.1, 0.15) is 5.75 Å². The van der Waals surface area contributed by atoms with Gasteiger partial charge in [0, 0.05) is 25.8 Å². The topological polar surface area (TPSA) is 23.5 Å². The van der Waals surface area contributed by atoms with E-state index in [0.29, 0.717) is 5.75 Å². The first-order valence-corrected chi connectivity index (χ1v) is 5.16. The zero-order valence-electron chi connectivity index (χ0n) is 8.83. The van der Waals surface area contributed by atoms with Crippen molar-refractivity contribution in [1.82, 2.24) is 0 Å². The molecule has 0 amide bonds. The van der Waals surface area contributed by atoms with Crippen molar-refractivity contribution in [2.75, 3.05) is 19.0 Å². The third kappa shape index (κ3) is 2.00. The van der Waals surface area contributed by atoms with Crippen molar-refractivity contribution in [1.29, 1.82) is 0 Å². The van der Waals surface area contributed by atoms with Gasteiger partial charge in [-0.05, 0) is 36.8 Å². The Morgan fingerprint density at radius 3 is 2.57 bits per heavy atom. The minimum Gasteiger partial charge on any atom is -0.508 e. The molecule has 0 heterocycles. The minimum atomic E-state index is 0.447. The Labute approximate surface area is 85.2 Å². The van der Waals surface area contributed by atoms with E-state index in [4.69, 9.17) is 0 Å². The summed E-state index contributed by atoms with van der Waals surface area (Å²) in [6.07, 6.45) is 3.70. The van der Waals surface area contributed by atoms with Gasteiger partial charge in [0.25, 0.3) is 0 Å². The molecule has 2 nitrogen and oxygen atoms in total. The number of aromatic hydroxyl groups is 1. The predicted octanol–water partition coefficient (Wildman–Crippen LogP) is 2.41. The highest BCUT2D eigenvalue weighted by Crippen LogP contribution is 2.35. The maximum Gasteiger partial charge on any atom is 0.120 e. The molecule has 2 rings (SSSR count). The molecule has 0 radical (unpaired) electrons. The van der Waals surface area contributed by atoms with Crippen LogP contribution in [0.3, 0.4) is 0 Å². The van der Waals surface area contributed by atoms with E-state index in [0.717, 1.165) is 23.6 Å². The Morgan fingerprint density at radius 2 is 2.07 bits per heavy atom. The summed E-state index contributed by atoms with van der Waals surface area (Å²) in [4.78, 5) is 2.00. The number of rotatable bonds is 3. The second-order valence-corrected chi connectivity index (χ2v) is 4.35. The molecule has 0 atom stereocenters. The molecule has 1 saturated carbocycles. The van der Waals surface area contributed by atoms with E-state index in [-0.39, 0.29) is 0 Å². The van der Waals surface area contributed by atoms with Crippen molar-refractivity contribution >= 4 is 5.69 Å². The van der Waals surface area contributed by atoms with Crippen molar-refractivity contribution in [2.45, 2.75) is 19.3 Å². The van der Waals surface area contributed by atoms with Gasteiger partial charge in [-0.25, -0.2) is 0 Å². The van der Waals surface area contributed by atoms with Gasteiger partial charge >= 0.3 is 0 Å². The SMILES string of the molecule is CN(C)c1ccc(CC2CC2)c(O)c1. The molecular formula is C12H17NO. The molecule has 76 valence electrons. The average molecular weight is 191 g/mol. The Kier molecular flexibility index (Phi) is 2.36. The first kappa shape index (κ1) is 9.38. The van der Waals surface area contributed by atoms with Crippen LogP contribution in [0.15, 0.2) is 18.2 Å². The van der Waals surface area contributed by atoms with Crippen LogP contribution < -0.4 is 4.90 Å². The predicted molar refractivity (Wildman–Crippen MR) is 58.9 cm³/mol. The summed E-state index contributed by atoms with van der Waals surface area (Å²) in [5.41, 5.74) is 2.15. The van der Waals surface area contributed by atoms with Crippen molar-refractivity contribution in [3.63, 3.8) is 0 Å². The van der Waals surface area contributed by atoms with Gasteiger partial charge in [0.05, 0.1) is 0 Å². The molecule has 1 N–H and O–H groups in total. The van der Waals surface area contributed by atoms with E-state index in [1.165, 1.54) is 12.8 Å². The van der Waals surface area contributed by atoms with E-state index < -0.39 is 0 Å². The normalized spacial score (nSPS) is 15.6. The zero-order valence-corrected chi connectivity index (χ0v) is 8.83. The van der Waals surface area contributed by atoms with Crippen LogP contribution in [0, 0.1) is 5.92 Å². The molecule has 0 spiro atoms. The van der Waals surface area contributed by atoms with Crippen LogP contribution in [-0.4, -0.2) is 19.2 Å². The smallest absolute Gasteiger partial charge is 0.120 e. The summed E-state index contributed by atoms with van der Waals surface area (Å²) in [5.74, 6) is 1.27. The Morgan fingerprint density at radius 1 is 1.36 bits per heavy atom. The Bertz CT molecular complexity index is 329. The molecule has 0 saturated heterocycles. The van der Waals surface area contributed by atoms with Gasteiger partial charge in [-0.15, -0.1) is 0 Å². The zero-order chi connectivity index (χ0) is 10.1. The second kappa shape index (κ2) is 3.52. The lowest BCUT2D eigenvalue weighted by Gasteiger charge is -2.14. The molecular weight excluding hydrogens is 174 g/mol. The number of benzene rings is 1. The lowest BCUT2D eigenvalue weighted by atomic mass is 10.1. The van der Waals surface area contributed by atoms with E-state index in [1.54, 1.807) is 0 Å². The molecule has 0 aliphatic heterocycles. The minimum absolute atomic E-state index is 0.447. The lowest BCUT2D eigenvalue weighted by molar-refractivity contribution is 0.466. The van der Waals surface area contributed by atoms with Crippen LogP contribution in [0.25, 0.3) is 0 Å². The van der Waals surface area contributed by atoms with E-state index in [9.17, 15) is 5.11 Å². The fourth-order valence-electron chi connectivity index (χ4n) is 1.64. The van der Waals surface area contributed by atoms with Crippen LogP contribution >= 0.6 is 0 Å². The van der Waals surface area contributed by atoms with Gasteiger partial charge in [0.2, 0.25) is 0 Å². The number of phenolic OH excluding ortho intramolecular Hbond substituents is 1. The number of phenols is 1. The second-order valence-electron chi connectivity index (χ2n) is 4.35. The number of hydrogen-bond acceptors (Lipinski definition) is 2. The highest BCUT2D eigenvalue weighted by Gasteiger charge is 2.22. The molecule has 1 aromatic rings. The summed E-state index contributed by atoms with van der Waals surface area (Å²) < 4.78 is 0. The van der Waals surface area contributed by atoms with Gasteiger partial charge < -0.3 is 10.0 Å². The summed E-state index contributed by atoms with van der Waals surface area (Å²) in [6, 6.07) is 5.96. The molecule has 0 aromatic heterocycles. The van der Waals surface area contributed by atoms with Gasteiger partial charge in [-0.2, -0.15) is 0 Å². The van der Waals surface area contributed by atoms with Crippen LogP contribution in [0.5, 0.6) is 5.75 Å².